The maximum absolute atomic E-state index is 12.3. The van der Waals surface area contributed by atoms with Gasteiger partial charge >= 0.3 is 5.97 Å². The van der Waals surface area contributed by atoms with Gasteiger partial charge in [-0.1, -0.05) is 36.4 Å². The molecule has 5 nitrogen and oxygen atoms in total. The van der Waals surface area contributed by atoms with Crippen LogP contribution in [0.2, 0.25) is 0 Å². The number of hydrogen-bond acceptors (Lipinski definition) is 5. The van der Waals surface area contributed by atoms with Gasteiger partial charge in [-0.25, -0.2) is 4.79 Å². The lowest BCUT2D eigenvalue weighted by Gasteiger charge is -2.18. The molecular weight excluding hydrogens is 336 g/mol. The Morgan fingerprint density at radius 2 is 1.92 bits per heavy atom. The van der Waals surface area contributed by atoms with E-state index in [4.69, 9.17) is 4.74 Å². The van der Waals surface area contributed by atoms with Crippen molar-refractivity contribution in [3.05, 3.63) is 88.4 Å². The van der Waals surface area contributed by atoms with Crippen LogP contribution in [0.3, 0.4) is 0 Å². The molecule has 0 saturated heterocycles. The van der Waals surface area contributed by atoms with Crippen LogP contribution in [0.4, 0.5) is 0 Å². The highest BCUT2D eigenvalue weighted by Crippen LogP contribution is 2.25. The van der Waals surface area contributed by atoms with Gasteiger partial charge in [-0.2, -0.15) is 0 Å². The summed E-state index contributed by atoms with van der Waals surface area (Å²) in [6, 6.07) is 16.5. The van der Waals surface area contributed by atoms with E-state index in [1.807, 2.05) is 47.8 Å². The highest BCUT2D eigenvalue weighted by atomic mass is 32.1. The van der Waals surface area contributed by atoms with Gasteiger partial charge < -0.3 is 10.1 Å². The molecular formula is C19H16N2O3S. The van der Waals surface area contributed by atoms with E-state index in [0.29, 0.717) is 5.56 Å². The van der Waals surface area contributed by atoms with E-state index in [1.54, 1.807) is 29.7 Å². The van der Waals surface area contributed by atoms with Crippen molar-refractivity contribution >= 4 is 23.2 Å². The topological polar surface area (TPSA) is 68.3 Å². The van der Waals surface area contributed by atoms with E-state index >= 15 is 0 Å². The molecule has 1 N–H and O–H groups in total. The number of carbonyl (C=O) groups excluding carboxylic acids is 2. The number of nitrogens with one attached hydrogen (secondary N) is 1. The van der Waals surface area contributed by atoms with Crippen LogP contribution >= 0.6 is 11.3 Å². The van der Waals surface area contributed by atoms with Crippen molar-refractivity contribution in [1.29, 1.82) is 0 Å². The van der Waals surface area contributed by atoms with Crippen molar-refractivity contribution in [1.82, 2.24) is 10.3 Å². The molecule has 6 heteroatoms. The summed E-state index contributed by atoms with van der Waals surface area (Å²) in [5.74, 6) is -0.935. The van der Waals surface area contributed by atoms with Crippen LogP contribution in [0.5, 0.6) is 0 Å². The van der Waals surface area contributed by atoms with Gasteiger partial charge in [0.1, 0.15) is 0 Å². The number of benzene rings is 1. The number of carbonyl (C=O) groups is 2. The quantitative estimate of drug-likeness (QED) is 0.692. The molecule has 1 amide bonds. The fourth-order valence-electron chi connectivity index (χ4n) is 2.32. The van der Waals surface area contributed by atoms with Gasteiger partial charge in [0.15, 0.2) is 6.61 Å². The first-order valence-electron chi connectivity index (χ1n) is 7.69. The second-order valence-corrected chi connectivity index (χ2v) is 6.22. The van der Waals surface area contributed by atoms with Crippen LogP contribution in [-0.2, 0) is 9.53 Å². The third-order valence-electron chi connectivity index (χ3n) is 3.50. The van der Waals surface area contributed by atoms with Crippen molar-refractivity contribution < 1.29 is 14.3 Å². The Balaban J connectivity index is 1.64. The molecule has 3 aromatic rings. The summed E-state index contributed by atoms with van der Waals surface area (Å²) in [7, 11) is 0. The van der Waals surface area contributed by atoms with Crippen LogP contribution in [0.15, 0.2) is 72.4 Å². The summed E-state index contributed by atoms with van der Waals surface area (Å²) in [6.45, 7) is -0.345. The number of hydrogen-bond donors (Lipinski definition) is 1. The Morgan fingerprint density at radius 3 is 2.60 bits per heavy atom. The molecule has 3 rings (SSSR count). The molecule has 0 radical (unpaired) electrons. The van der Waals surface area contributed by atoms with E-state index in [0.717, 1.165) is 10.4 Å². The third-order valence-corrected chi connectivity index (χ3v) is 4.43. The third kappa shape index (κ3) is 4.51. The number of nitrogens with zero attached hydrogens (tertiary/aromatic N) is 1. The number of rotatable bonds is 6. The number of amides is 1. The second kappa shape index (κ2) is 8.21. The van der Waals surface area contributed by atoms with E-state index in [9.17, 15) is 9.59 Å². The lowest BCUT2D eigenvalue weighted by molar-refractivity contribution is -0.124. The standard InChI is InChI=1S/C19H16N2O3S/c22-17(13-24-19(23)15-8-4-10-20-12-15)21-18(16-9-5-11-25-16)14-6-2-1-3-7-14/h1-12,18H,13H2,(H,21,22)/t18-/m0/s1. The van der Waals surface area contributed by atoms with Crippen LogP contribution < -0.4 is 5.32 Å². The minimum atomic E-state index is -0.573. The number of ether oxygens (including phenoxy) is 1. The molecule has 0 unspecified atom stereocenters. The minimum Gasteiger partial charge on any atom is -0.452 e. The molecule has 0 aliphatic heterocycles. The normalized spacial score (nSPS) is 11.5. The molecule has 0 fully saturated rings. The second-order valence-electron chi connectivity index (χ2n) is 5.24. The van der Waals surface area contributed by atoms with Crippen LogP contribution in [0, 0.1) is 0 Å². The van der Waals surface area contributed by atoms with E-state index in [2.05, 4.69) is 10.3 Å². The Labute approximate surface area is 149 Å². The van der Waals surface area contributed by atoms with Crippen LogP contribution in [0.1, 0.15) is 26.8 Å². The summed E-state index contributed by atoms with van der Waals surface area (Å²) in [6.07, 6.45) is 2.97. The largest absolute Gasteiger partial charge is 0.452 e. The molecule has 25 heavy (non-hydrogen) atoms. The Kier molecular flexibility index (Phi) is 5.53. The average molecular weight is 352 g/mol. The molecule has 126 valence electrons. The molecule has 1 aromatic carbocycles. The molecule has 0 spiro atoms. The van der Waals surface area contributed by atoms with Gasteiger partial charge in [0.25, 0.3) is 5.91 Å². The first-order valence-corrected chi connectivity index (χ1v) is 8.57. The zero-order valence-electron chi connectivity index (χ0n) is 13.3. The Morgan fingerprint density at radius 1 is 1.08 bits per heavy atom. The molecule has 0 bridgehead atoms. The summed E-state index contributed by atoms with van der Waals surface area (Å²) < 4.78 is 5.06. The SMILES string of the molecule is O=C(COC(=O)c1cccnc1)N[C@@H](c1ccccc1)c1cccs1. The highest BCUT2D eigenvalue weighted by Gasteiger charge is 2.18. The van der Waals surface area contributed by atoms with Gasteiger partial charge in [-0.05, 0) is 29.1 Å². The van der Waals surface area contributed by atoms with Crippen LogP contribution in [0.25, 0.3) is 0 Å². The summed E-state index contributed by atoms with van der Waals surface area (Å²) in [4.78, 5) is 29.0. The Hall–Kier alpha value is -2.99. The number of aromatic nitrogens is 1. The zero-order chi connectivity index (χ0) is 17.5. The monoisotopic (exact) mass is 352 g/mol. The van der Waals surface area contributed by atoms with E-state index in [-0.39, 0.29) is 18.6 Å². The molecule has 0 saturated carbocycles. The van der Waals surface area contributed by atoms with Crippen molar-refractivity contribution in [3.63, 3.8) is 0 Å². The van der Waals surface area contributed by atoms with Gasteiger partial charge in [-0.15, -0.1) is 11.3 Å². The smallest absolute Gasteiger partial charge is 0.340 e. The fraction of sp³-hybridized carbons (Fsp3) is 0.105. The Bertz CT molecular complexity index is 820. The van der Waals surface area contributed by atoms with Crippen molar-refractivity contribution in [2.75, 3.05) is 6.61 Å². The van der Waals surface area contributed by atoms with E-state index < -0.39 is 5.97 Å². The van der Waals surface area contributed by atoms with Crippen molar-refractivity contribution in [2.24, 2.45) is 0 Å². The molecule has 2 heterocycles. The lowest BCUT2D eigenvalue weighted by atomic mass is 10.1. The van der Waals surface area contributed by atoms with Crippen molar-refractivity contribution in [2.45, 2.75) is 6.04 Å². The first kappa shape index (κ1) is 16.9. The number of esters is 1. The zero-order valence-corrected chi connectivity index (χ0v) is 14.1. The molecule has 0 aliphatic carbocycles. The maximum atomic E-state index is 12.3. The van der Waals surface area contributed by atoms with Gasteiger partial charge in [-0.3, -0.25) is 9.78 Å². The van der Waals surface area contributed by atoms with Crippen LogP contribution in [-0.4, -0.2) is 23.5 Å². The number of pyridine rings is 1. The molecule has 2 aromatic heterocycles. The van der Waals surface area contributed by atoms with Crippen molar-refractivity contribution in [3.8, 4) is 0 Å². The molecule has 1 atom stereocenters. The first-order chi connectivity index (χ1) is 12.2. The van der Waals surface area contributed by atoms with E-state index in [1.165, 1.54) is 6.20 Å². The predicted molar refractivity (Wildman–Crippen MR) is 95.3 cm³/mol. The summed E-state index contributed by atoms with van der Waals surface area (Å²) in [5.41, 5.74) is 1.28. The minimum absolute atomic E-state index is 0.272. The maximum Gasteiger partial charge on any atom is 0.340 e. The van der Waals surface area contributed by atoms with Gasteiger partial charge in [0.2, 0.25) is 0 Å². The average Bonchev–Trinajstić information content (AvgIpc) is 3.20. The fourth-order valence-corrected chi connectivity index (χ4v) is 3.12. The number of thiophene rings is 1. The predicted octanol–water partition coefficient (Wildman–Crippen LogP) is 3.21. The van der Waals surface area contributed by atoms with Gasteiger partial charge in [0, 0.05) is 17.3 Å². The van der Waals surface area contributed by atoms with Gasteiger partial charge in [0.05, 0.1) is 11.6 Å². The highest BCUT2D eigenvalue weighted by molar-refractivity contribution is 7.10. The summed E-state index contributed by atoms with van der Waals surface area (Å²) >= 11 is 1.56. The lowest BCUT2D eigenvalue weighted by Crippen LogP contribution is -2.32. The molecule has 0 aliphatic rings. The summed E-state index contributed by atoms with van der Waals surface area (Å²) in [5, 5.41) is 4.88.